The van der Waals surface area contributed by atoms with Crippen molar-refractivity contribution in [3.63, 3.8) is 0 Å². The molecule has 2 aliphatic heterocycles. The van der Waals surface area contributed by atoms with Crippen LogP contribution in [0.1, 0.15) is 34.2 Å². The molecule has 2 aliphatic rings. The Hall–Kier alpha value is -2.21. The molecule has 2 aromatic heterocycles. The number of sulfone groups is 1. The van der Waals surface area contributed by atoms with Gasteiger partial charge < -0.3 is 9.80 Å². The first-order chi connectivity index (χ1) is 15.0. The summed E-state index contributed by atoms with van der Waals surface area (Å²) in [5.41, 5.74) is -0.909. The van der Waals surface area contributed by atoms with Crippen molar-refractivity contribution >= 4 is 33.0 Å². The lowest BCUT2D eigenvalue weighted by Gasteiger charge is -2.42. The number of carbonyl (C=O) groups excluding carboxylic acids is 1. The number of rotatable bonds is 3. The number of hydrogen-bond donors (Lipinski definition) is 0. The number of thiophene rings is 1. The van der Waals surface area contributed by atoms with Crippen molar-refractivity contribution in [2.24, 2.45) is 5.92 Å². The van der Waals surface area contributed by atoms with Gasteiger partial charge in [0, 0.05) is 47.7 Å². The van der Waals surface area contributed by atoms with E-state index in [4.69, 9.17) is 0 Å². The van der Waals surface area contributed by atoms with Crippen LogP contribution in [-0.2, 0) is 20.8 Å². The first-order valence-corrected chi connectivity index (χ1v) is 12.9. The number of hydrogen-bond acceptors (Lipinski definition) is 7. The first-order valence-electron chi connectivity index (χ1n) is 10.2. The Balaban J connectivity index is 1.55. The number of amides is 1. The van der Waals surface area contributed by atoms with Gasteiger partial charge in [-0.25, -0.2) is 18.4 Å². The summed E-state index contributed by atoms with van der Waals surface area (Å²) in [6.45, 7) is 3.05. The van der Waals surface area contributed by atoms with Crippen molar-refractivity contribution in [2.75, 3.05) is 36.0 Å². The molecule has 1 unspecified atom stereocenters. The average Bonchev–Trinajstić information content (AvgIpc) is 3.18. The summed E-state index contributed by atoms with van der Waals surface area (Å²) in [5.74, 6) is -0.177. The molecule has 1 amide bonds. The van der Waals surface area contributed by atoms with Crippen molar-refractivity contribution in [3.8, 4) is 0 Å². The van der Waals surface area contributed by atoms with Gasteiger partial charge in [0.25, 0.3) is 0 Å². The number of nitrogens with zero attached hydrogens (tertiary/aromatic N) is 4. The van der Waals surface area contributed by atoms with E-state index in [1.165, 1.54) is 0 Å². The molecule has 0 bridgehead atoms. The third kappa shape index (κ3) is 4.90. The van der Waals surface area contributed by atoms with Gasteiger partial charge in [-0.1, -0.05) is 0 Å². The fourth-order valence-corrected chi connectivity index (χ4v) is 6.58. The van der Waals surface area contributed by atoms with Crippen LogP contribution in [0.3, 0.4) is 0 Å². The maximum atomic E-state index is 13.3. The van der Waals surface area contributed by atoms with E-state index in [2.05, 4.69) is 9.97 Å². The van der Waals surface area contributed by atoms with Gasteiger partial charge in [-0.2, -0.15) is 13.2 Å². The van der Waals surface area contributed by atoms with Gasteiger partial charge in [-0.15, -0.1) is 11.3 Å². The van der Waals surface area contributed by atoms with E-state index >= 15 is 0 Å². The van der Waals surface area contributed by atoms with Crippen molar-refractivity contribution in [3.05, 3.63) is 39.8 Å². The summed E-state index contributed by atoms with van der Waals surface area (Å²) in [6, 6.07) is 3.61. The number of carbonyl (C=O) groups is 1. The second kappa shape index (κ2) is 8.62. The average molecular weight is 489 g/mol. The summed E-state index contributed by atoms with van der Waals surface area (Å²) in [5, 5.41) is 0. The highest BCUT2D eigenvalue weighted by Crippen LogP contribution is 2.35. The Labute approximate surface area is 188 Å². The number of aryl methyl sites for hydroxylation is 1. The van der Waals surface area contributed by atoms with Gasteiger partial charge >= 0.3 is 6.18 Å². The first kappa shape index (κ1) is 23.0. The SMILES string of the molecule is Cc1ccc(C2CN(c3ncc(C(F)(F)F)cn3)CCN2C(=O)C2CCS(=O)(=O)CC2)s1. The molecule has 32 heavy (non-hydrogen) atoms. The molecule has 0 aliphatic carbocycles. The molecule has 4 rings (SSSR count). The topological polar surface area (TPSA) is 83.5 Å². The number of aromatic nitrogens is 2. The summed E-state index contributed by atoms with van der Waals surface area (Å²) >= 11 is 1.56. The van der Waals surface area contributed by atoms with Gasteiger partial charge in [-0.3, -0.25) is 4.79 Å². The van der Waals surface area contributed by atoms with Crippen molar-refractivity contribution < 1.29 is 26.4 Å². The van der Waals surface area contributed by atoms with Crippen molar-refractivity contribution in [1.82, 2.24) is 14.9 Å². The highest BCUT2D eigenvalue weighted by atomic mass is 32.2. The zero-order chi connectivity index (χ0) is 23.1. The van der Waals surface area contributed by atoms with Gasteiger partial charge in [0.1, 0.15) is 9.84 Å². The van der Waals surface area contributed by atoms with E-state index in [0.717, 1.165) is 22.1 Å². The molecule has 0 spiro atoms. The van der Waals surface area contributed by atoms with E-state index in [1.54, 1.807) is 21.1 Å². The minimum absolute atomic E-state index is 0.0194. The molecule has 0 N–H and O–H groups in total. The van der Waals surface area contributed by atoms with Crippen LogP contribution in [0.25, 0.3) is 0 Å². The molecule has 0 aromatic carbocycles. The molecule has 2 aromatic rings. The normalized spacial score (nSPS) is 22.2. The predicted molar refractivity (Wildman–Crippen MR) is 114 cm³/mol. The van der Waals surface area contributed by atoms with Gasteiger partial charge in [0.15, 0.2) is 0 Å². The molecule has 2 fully saturated rings. The predicted octanol–water partition coefficient (Wildman–Crippen LogP) is 3.08. The minimum Gasteiger partial charge on any atom is -0.337 e. The summed E-state index contributed by atoms with van der Waals surface area (Å²) < 4.78 is 62.0. The molecule has 174 valence electrons. The van der Waals surface area contributed by atoms with Gasteiger partial charge in [0.2, 0.25) is 11.9 Å². The van der Waals surface area contributed by atoms with Crippen LogP contribution in [-0.4, -0.2) is 60.3 Å². The van der Waals surface area contributed by atoms with Gasteiger partial charge in [0.05, 0.1) is 23.1 Å². The van der Waals surface area contributed by atoms with Crippen LogP contribution in [0.15, 0.2) is 24.5 Å². The number of halogens is 3. The lowest BCUT2D eigenvalue weighted by atomic mass is 9.98. The summed E-state index contributed by atoms with van der Waals surface area (Å²) in [6.07, 6.45) is -2.33. The second-order valence-electron chi connectivity index (χ2n) is 8.14. The molecule has 7 nitrogen and oxygen atoms in total. The third-order valence-electron chi connectivity index (χ3n) is 5.91. The molecule has 1 atom stereocenters. The molecule has 4 heterocycles. The third-order valence-corrected chi connectivity index (χ3v) is 8.72. The lowest BCUT2D eigenvalue weighted by Crippen LogP contribution is -2.53. The largest absolute Gasteiger partial charge is 0.419 e. The Kier molecular flexibility index (Phi) is 6.19. The van der Waals surface area contributed by atoms with Crippen LogP contribution >= 0.6 is 11.3 Å². The Morgan fingerprint density at radius 1 is 1.12 bits per heavy atom. The molecular formula is C20H23F3N4O3S2. The second-order valence-corrected chi connectivity index (χ2v) is 11.8. The molecule has 12 heteroatoms. The minimum atomic E-state index is -4.51. The molecule has 2 saturated heterocycles. The fraction of sp³-hybridized carbons (Fsp3) is 0.550. The Bertz CT molecular complexity index is 1070. The van der Waals surface area contributed by atoms with E-state index in [0.29, 0.717) is 32.5 Å². The summed E-state index contributed by atoms with van der Waals surface area (Å²) in [4.78, 5) is 26.7. The lowest BCUT2D eigenvalue weighted by molar-refractivity contribution is -0.139. The van der Waals surface area contributed by atoms with E-state index < -0.39 is 21.6 Å². The maximum Gasteiger partial charge on any atom is 0.419 e. The Morgan fingerprint density at radius 3 is 2.34 bits per heavy atom. The Morgan fingerprint density at radius 2 is 1.78 bits per heavy atom. The summed E-state index contributed by atoms with van der Waals surface area (Å²) in [7, 11) is -3.07. The van der Waals surface area contributed by atoms with Crippen molar-refractivity contribution in [2.45, 2.75) is 32.0 Å². The zero-order valence-electron chi connectivity index (χ0n) is 17.4. The van der Waals surface area contributed by atoms with Crippen LogP contribution in [0, 0.1) is 12.8 Å². The quantitative estimate of drug-likeness (QED) is 0.660. The van der Waals surface area contributed by atoms with Crippen LogP contribution in [0.4, 0.5) is 19.1 Å². The van der Waals surface area contributed by atoms with Crippen molar-refractivity contribution in [1.29, 1.82) is 0 Å². The number of anilines is 1. The monoisotopic (exact) mass is 488 g/mol. The van der Waals surface area contributed by atoms with Crippen LogP contribution in [0.2, 0.25) is 0 Å². The van der Waals surface area contributed by atoms with Crippen LogP contribution in [0.5, 0.6) is 0 Å². The highest BCUT2D eigenvalue weighted by Gasteiger charge is 2.38. The van der Waals surface area contributed by atoms with E-state index in [1.807, 2.05) is 19.1 Å². The number of piperazine rings is 1. The molecular weight excluding hydrogens is 465 g/mol. The molecule has 0 radical (unpaired) electrons. The van der Waals surface area contributed by atoms with Crippen LogP contribution < -0.4 is 4.90 Å². The van der Waals surface area contributed by atoms with Gasteiger partial charge in [-0.05, 0) is 31.9 Å². The maximum absolute atomic E-state index is 13.3. The number of alkyl halides is 3. The smallest absolute Gasteiger partial charge is 0.337 e. The zero-order valence-corrected chi connectivity index (χ0v) is 19.0. The standard InChI is InChI=1S/C20H23F3N4O3S2/c1-13-2-3-17(31-13)16-12-26(19-24-10-15(11-25-19)20(21,22)23)6-7-27(16)18(28)14-4-8-32(29,30)9-5-14/h2-3,10-11,14,16H,4-9,12H2,1H3. The highest BCUT2D eigenvalue weighted by molar-refractivity contribution is 7.91. The molecule has 0 saturated carbocycles. The van der Waals surface area contributed by atoms with E-state index in [9.17, 15) is 26.4 Å². The fourth-order valence-electron chi connectivity index (χ4n) is 4.11. The van der Waals surface area contributed by atoms with E-state index in [-0.39, 0.29) is 35.3 Å².